The van der Waals surface area contributed by atoms with Gasteiger partial charge in [0.1, 0.15) is 23.4 Å². The molecule has 3 aromatic heterocycles. The summed E-state index contributed by atoms with van der Waals surface area (Å²) in [6.07, 6.45) is 3.13. The summed E-state index contributed by atoms with van der Waals surface area (Å²) in [5.74, 6) is -5.11. The number of hydrogen-bond donors (Lipinski definition) is 2. The van der Waals surface area contributed by atoms with Crippen LogP contribution in [-0.2, 0) is 70.2 Å². The first-order valence-corrected chi connectivity index (χ1v) is 26.8. The fourth-order valence-electron chi connectivity index (χ4n) is 11.2. The largest absolute Gasteiger partial charge is 0.448 e. The molecule has 0 amide bonds. The molecule has 3 aliphatic rings. The standard InChI is InChI=1S/C53H72F3IN8O10/c1-31-25-51(5,71-8)47(74-49-45(69)41(24-32(2)73-49)62(7)22-19-38-27-64(61-60-38)23-18-35-14-16-37(17-15-35)53(54,55)56)33(3)44(68)34(4)48(70)75-50(57)52(6,72-9)46-42(43(31)67)40(65(46)30-66)13-11-21-63-28-39(59-29-63)36-12-10-20-58-26-36/h10,12,14-17,20,26-29,31-34,40-42,45-47,49-50,66,69H,11,13,18-19,21-25,30H2,1-9H3/t31-,32-,33+,34-,40?,41+,42+,45-,46+,47-,49+,50+,51-,52+/m1/s1. The number of Topliss-reactive ketones (excluding diaryl/α,β-unsaturated/α-hetero) is 2. The molecule has 0 aliphatic carbocycles. The molecule has 0 radical (unpaired) electrons. The number of rotatable bonds is 17. The monoisotopic (exact) mass is 1160 g/mol. The van der Waals surface area contributed by atoms with Crippen LogP contribution in [0.5, 0.6) is 0 Å². The lowest BCUT2D eigenvalue weighted by atomic mass is 9.65. The van der Waals surface area contributed by atoms with Crippen LogP contribution in [0.3, 0.4) is 0 Å². The van der Waals surface area contributed by atoms with Gasteiger partial charge in [-0.15, -0.1) is 5.10 Å². The highest BCUT2D eigenvalue weighted by Crippen LogP contribution is 2.48. The van der Waals surface area contributed by atoms with Gasteiger partial charge in [0, 0.05) is 94.5 Å². The number of ketones is 2. The number of likely N-dealkylation sites (N-methyl/N-ethyl adjacent to an activating group) is 1. The minimum atomic E-state index is -4.41. The number of alkyl halides is 4. The molecule has 22 heteroatoms. The summed E-state index contributed by atoms with van der Waals surface area (Å²) in [5.41, 5.74) is -0.282. The van der Waals surface area contributed by atoms with Crippen LogP contribution >= 0.6 is 22.6 Å². The lowest BCUT2D eigenvalue weighted by molar-refractivity contribution is -0.296. The third-order valence-electron chi connectivity index (χ3n) is 15.9. The number of esters is 1. The Morgan fingerprint density at radius 2 is 1.72 bits per heavy atom. The van der Waals surface area contributed by atoms with Crippen LogP contribution in [0.4, 0.5) is 13.2 Å². The Labute approximate surface area is 450 Å². The van der Waals surface area contributed by atoms with Gasteiger partial charge < -0.3 is 43.4 Å². The van der Waals surface area contributed by atoms with E-state index in [9.17, 15) is 33.0 Å². The van der Waals surface area contributed by atoms with Crippen molar-refractivity contribution >= 4 is 40.1 Å². The van der Waals surface area contributed by atoms with Gasteiger partial charge in [-0.2, -0.15) is 13.2 Å². The van der Waals surface area contributed by atoms with E-state index in [1.165, 1.54) is 33.3 Å². The van der Waals surface area contributed by atoms with E-state index in [4.69, 9.17) is 23.7 Å². The first-order valence-electron chi connectivity index (χ1n) is 25.6. The molecule has 0 saturated carbocycles. The molecule has 3 fully saturated rings. The van der Waals surface area contributed by atoms with Crippen LogP contribution in [-0.4, -0.2) is 160 Å². The van der Waals surface area contributed by atoms with Gasteiger partial charge in [-0.05, 0) is 119 Å². The molecule has 2 N–H and O–H groups in total. The number of likely N-dealkylation sites (tertiary alicyclic amines) is 1. The van der Waals surface area contributed by atoms with Gasteiger partial charge in [-0.25, -0.2) is 4.98 Å². The Morgan fingerprint density at radius 3 is 2.37 bits per heavy atom. The van der Waals surface area contributed by atoms with Gasteiger partial charge in [0.15, 0.2) is 16.2 Å². The highest BCUT2D eigenvalue weighted by molar-refractivity contribution is 14.1. The summed E-state index contributed by atoms with van der Waals surface area (Å²) in [6, 6.07) is 7.22. The molecule has 0 spiro atoms. The number of cyclic esters (lactones) is 1. The molecule has 1 unspecified atom stereocenters. The number of carbonyl (C=O) groups is 3. The molecular formula is C53H72F3IN8O10. The van der Waals surface area contributed by atoms with E-state index in [-0.39, 0.29) is 12.2 Å². The minimum absolute atomic E-state index is 0.0781. The normalized spacial score (nSPS) is 32.5. The van der Waals surface area contributed by atoms with E-state index in [1.807, 2.05) is 76.2 Å². The number of hydrogen-bond acceptors (Lipinski definition) is 16. The summed E-state index contributed by atoms with van der Waals surface area (Å²) < 4.78 is 73.5. The van der Waals surface area contributed by atoms with Gasteiger partial charge in [0.2, 0.25) is 0 Å². The maximum Gasteiger partial charge on any atom is 0.416 e. The Hall–Kier alpha value is -4.27. The SMILES string of the molecule is CO[C@@]1(C)[C@@H]2[C@H](C(=O)[C@H](C)C[C@@](C)(OC)[C@H](O[C@@H]3O[C@H](C)C[C@H](N(C)CCc4cn(CCc5ccc(C(F)(F)F)cc5)nn4)[C@H]3O)[C@@H](C)C(=O)[C@@H](C)C(=O)O[C@@H]1I)C(CCCn1cnc(-c3cccnc3)c1)N2CO. The van der Waals surface area contributed by atoms with Crippen molar-refractivity contribution in [2.24, 2.45) is 23.7 Å². The average Bonchev–Trinajstić information content (AvgIpc) is 4.07. The zero-order valence-electron chi connectivity index (χ0n) is 44.1. The van der Waals surface area contributed by atoms with Crippen LogP contribution < -0.4 is 0 Å². The second kappa shape index (κ2) is 24.6. The lowest BCUT2D eigenvalue weighted by Crippen LogP contribution is -2.76. The van der Waals surface area contributed by atoms with Gasteiger partial charge in [-0.3, -0.25) is 28.9 Å². The van der Waals surface area contributed by atoms with Crippen molar-refractivity contribution < 1.29 is 61.5 Å². The molecular weight excluding hydrogens is 1090 g/mol. The number of pyridine rings is 1. The van der Waals surface area contributed by atoms with E-state index in [0.29, 0.717) is 57.4 Å². The quantitative estimate of drug-likeness (QED) is 0.0524. The number of nitrogens with zero attached hydrogens (tertiary/aromatic N) is 8. The predicted molar refractivity (Wildman–Crippen MR) is 277 cm³/mol. The summed E-state index contributed by atoms with van der Waals surface area (Å²) in [5, 5.41) is 31.6. The van der Waals surface area contributed by atoms with Crippen LogP contribution in [0.2, 0.25) is 0 Å². The fourth-order valence-corrected chi connectivity index (χ4v) is 12.1. The van der Waals surface area contributed by atoms with Crippen LogP contribution in [0.15, 0.2) is 67.5 Å². The number of imidazole rings is 1. The summed E-state index contributed by atoms with van der Waals surface area (Å²) in [6.45, 7) is 11.4. The second-order valence-corrected chi connectivity index (χ2v) is 22.1. The molecule has 14 atom stereocenters. The number of halogens is 4. The zero-order chi connectivity index (χ0) is 54.6. The third-order valence-corrected chi connectivity index (χ3v) is 17.4. The van der Waals surface area contributed by atoms with Crippen molar-refractivity contribution in [3.05, 3.63) is 84.3 Å². The molecule has 3 aliphatic heterocycles. The molecule has 1 aromatic carbocycles. The fraction of sp³-hybridized carbons (Fsp3) is 0.642. The van der Waals surface area contributed by atoms with Crippen molar-refractivity contribution in [3.63, 3.8) is 0 Å². The van der Waals surface area contributed by atoms with Crippen molar-refractivity contribution in [1.82, 2.24) is 39.3 Å². The number of methoxy groups -OCH3 is 2. The molecule has 4 aromatic rings. The number of aliphatic hydroxyl groups excluding tert-OH is 2. The third kappa shape index (κ3) is 13.0. The molecule has 0 bridgehead atoms. The van der Waals surface area contributed by atoms with Gasteiger partial charge in [0.25, 0.3) is 0 Å². The van der Waals surface area contributed by atoms with Crippen molar-refractivity contribution in [3.8, 4) is 11.3 Å². The minimum Gasteiger partial charge on any atom is -0.448 e. The van der Waals surface area contributed by atoms with Crippen molar-refractivity contribution in [2.75, 3.05) is 34.5 Å². The van der Waals surface area contributed by atoms with Crippen molar-refractivity contribution in [1.29, 1.82) is 0 Å². The number of carbonyl (C=O) groups excluding carboxylic acids is 3. The Kier molecular flexibility index (Phi) is 19.2. The molecule has 75 heavy (non-hydrogen) atoms. The van der Waals surface area contributed by atoms with Crippen LogP contribution in [0.1, 0.15) is 84.0 Å². The molecule has 18 nitrogen and oxygen atoms in total. The number of benzene rings is 1. The maximum atomic E-state index is 15.3. The summed E-state index contributed by atoms with van der Waals surface area (Å²) >= 11 is 1.97. The van der Waals surface area contributed by atoms with Gasteiger partial charge in [-0.1, -0.05) is 31.2 Å². The van der Waals surface area contributed by atoms with Crippen LogP contribution in [0.25, 0.3) is 11.3 Å². The van der Waals surface area contributed by atoms with E-state index in [0.717, 1.165) is 29.0 Å². The zero-order valence-corrected chi connectivity index (χ0v) is 46.3. The number of aromatic nitrogens is 6. The second-order valence-electron chi connectivity index (χ2n) is 21.0. The van der Waals surface area contributed by atoms with Crippen LogP contribution in [0, 0.1) is 23.7 Å². The lowest BCUT2D eigenvalue weighted by Gasteiger charge is -2.60. The topological polar surface area (TPSA) is 206 Å². The Balaban J connectivity index is 1.08. The van der Waals surface area contributed by atoms with E-state index in [2.05, 4.69) is 20.3 Å². The van der Waals surface area contributed by atoms with Crippen molar-refractivity contribution in [2.45, 2.75) is 157 Å². The van der Waals surface area contributed by atoms with E-state index in [1.54, 1.807) is 50.4 Å². The highest BCUT2D eigenvalue weighted by Gasteiger charge is 2.63. The van der Waals surface area contributed by atoms with E-state index < -0.39 is 112 Å². The molecule has 6 heterocycles. The summed E-state index contributed by atoms with van der Waals surface area (Å²) in [7, 11) is 4.83. The number of aryl methyl sites for hydroxylation is 3. The number of ether oxygens (including phenoxy) is 5. The first kappa shape index (κ1) is 58.4. The number of fused-ring (bicyclic) bond motifs is 1. The average molecular weight is 1170 g/mol. The summed E-state index contributed by atoms with van der Waals surface area (Å²) in [4.78, 5) is 56.5. The Morgan fingerprint density at radius 1 is 0.987 bits per heavy atom. The smallest absolute Gasteiger partial charge is 0.416 e. The van der Waals surface area contributed by atoms with Gasteiger partial charge in [0.05, 0.1) is 59.8 Å². The predicted octanol–water partition coefficient (Wildman–Crippen LogP) is 6.19. The molecule has 412 valence electrons. The first-order chi connectivity index (χ1) is 35.5. The van der Waals surface area contributed by atoms with Gasteiger partial charge >= 0.3 is 12.1 Å². The molecule has 3 saturated heterocycles. The highest BCUT2D eigenvalue weighted by atomic mass is 127. The molecule has 7 rings (SSSR count). The maximum absolute atomic E-state index is 15.3. The van der Waals surface area contributed by atoms with E-state index >= 15 is 4.79 Å². The Bertz CT molecular complexity index is 2540. The number of aliphatic hydroxyl groups is 2.